The van der Waals surface area contributed by atoms with Gasteiger partial charge in [0, 0.05) is 18.3 Å². The van der Waals surface area contributed by atoms with Gasteiger partial charge in [0.2, 0.25) is 17.7 Å². The molecule has 1 aromatic rings. The van der Waals surface area contributed by atoms with Gasteiger partial charge in [0.05, 0.1) is 12.4 Å². The van der Waals surface area contributed by atoms with E-state index in [2.05, 4.69) is 31.2 Å². The third-order valence-corrected chi connectivity index (χ3v) is 6.01. The summed E-state index contributed by atoms with van der Waals surface area (Å²) in [6.45, 7) is 7.90. The molecule has 33 heavy (non-hydrogen) atoms. The van der Waals surface area contributed by atoms with E-state index in [0.717, 1.165) is 13.0 Å². The van der Waals surface area contributed by atoms with Crippen LogP contribution in [0.4, 0.5) is 0 Å². The molecule has 2 heterocycles. The van der Waals surface area contributed by atoms with Crippen LogP contribution in [0.15, 0.2) is 12.5 Å². The Morgan fingerprint density at radius 2 is 1.85 bits per heavy atom. The number of hydrogen-bond donors (Lipinski definition) is 6. The first-order valence-corrected chi connectivity index (χ1v) is 11.5. The second kappa shape index (κ2) is 12.3. The van der Waals surface area contributed by atoms with Gasteiger partial charge in [0.25, 0.3) is 0 Å². The van der Waals surface area contributed by atoms with E-state index in [1.807, 2.05) is 13.8 Å². The lowest BCUT2D eigenvalue weighted by atomic mass is 9.97. The number of H-pyrrole nitrogens is 1. The molecule has 5 atom stereocenters. The van der Waals surface area contributed by atoms with Gasteiger partial charge < -0.3 is 31.4 Å². The highest BCUT2D eigenvalue weighted by molar-refractivity contribution is 5.94. The third kappa shape index (κ3) is 7.55. The molecule has 5 unspecified atom stereocenters. The molecule has 0 spiro atoms. The average Bonchev–Trinajstić information content (AvgIpc) is 3.48. The van der Waals surface area contributed by atoms with Crippen LogP contribution in [0.1, 0.15) is 52.7 Å². The first-order chi connectivity index (χ1) is 15.6. The zero-order chi connectivity index (χ0) is 24.5. The van der Waals surface area contributed by atoms with Crippen molar-refractivity contribution in [2.24, 2.45) is 11.8 Å². The number of imidazole rings is 1. The molecule has 1 fully saturated rings. The molecule has 6 N–H and O–H groups in total. The standard InChI is InChI=1S/C22H36N6O5/c1-5-13(4)18(28-19(29)15-7-6-8-24-15)21(31)26-16(9-14-10-23-11-25-14)20(30)27-17(12(2)3)22(32)33/h10-13,15-18,24H,5-9H2,1-4H3,(H,23,25)(H,26,31)(H,27,30)(H,28,29)(H,32,33). The molecule has 0 aromatic carbocycles. The number of rotatable bonds is 12. The summed E-state index contributed by atoms with van der Waals surface area (Å²) in [5.41, 5.74) is 0.603. The number of aromatic amines is 1. The van der Waals surface area contributed by atoms with Gasteiger partial charge in [-0.05, 0) is 31.2 Å². The van der Waals surface area contributed by atoms with Gasteiger partial charge in [-0.2, -0.15) is 0 Å². The minimum Gasteiger partial charge on any atom is -0.480 e. The molecule has 184 valence electrons. The lowest BCUT2D eigenvalue weighted by Crippen LogP contribution is -2.59. The van der Waals surface area contributed by atoms with Crippen molar-refractivity contribution >= 4 is 23.7 Å². The van der Waals surface area contributed by atoms with Crippen molar-refractivity contribution in [3.8, 4) is 0 Å². The molecule has 1 aliphatic rings. The van der Waals surface area contributed by atoms with E-state index in [1.165, 1.54) is 12.5 Å². The summed E-state index contributed by atoms with van der Waals surface area (Å²) in [6, 6.07) is -3.32. The second-order valence-electron chi connectivity index (χ2n) is 8.93. The molecule has 1 saturated heterocycles. The monoisotopic (exact) mass is 464 g/mol. The third-order valence-electron chi connectivity index (χ3n) is 6.01. The van der Waals surface area contributed by atoms with Gasteiger partial charge in [-0.15, -0.1) is 0 Å². The summed E-state index contributed by atoms with van der Waals surface area (Å²) < 4.78 is 0. The molecule has 1 aliphatic heterocycles. The molecule has 11 nitrogen and oxygen atoms in total. The lowest BCUT2D eigenvalue weighted by Gasteiger charge is -2.28. The molecular formula is C22H36N6O5. The quantitative estimate of drug-likeness (QED) is 0.252. The number of amides is 3. The minimum absolute atomic E-state index is 0.0906. The Bertz CT molecular complexity index is 806. The first kappa shape index (κ1) is 26.3. The van der Waals surface area contributed by atoms with Crippen molar-refractivity contribution in [2.75, 3.05) is 6.54 Å². The van der Waals surface area contributed by atoms with Gasteiger partial charge in [-0.25, -0.2) is 9.78 Å². The maximum atomic E-state index is 13.2. The number of carbonyl (C=O) groups excluding carboxylic acids is 3. The predicted molar refractivity (Wildman–Crippen MR) is 121 cm³/mol. The zero-order valence-electron chi connectivity index (χ0n) is 19.7. The van der Waals surface area contributed by atoms with E-state index in [0.29, 0.717) is 18.5 Å². The highest BCUT2D eigenvalue weighted by Crippen LogP contribution is 2.12. The molecule has 0 saturated carbocycles. The van der Waals surface area contributed by atoms with Gasteiger partial charge in [0.15, 0.2) is 0 Å². The SMILES string of the molecule is CCC(C)C(NC(=O)C1CCCN1)C(=O)NC(Cc1cnc[nH]1)C(=O)NC(C(=O)O)C(C)C. The van der Waals surface area contributed by atoms with E-state index in [1.54, 1.807) is 13.8 Å². The molecule has 0 aliphatic carbocycles. The van der Waals surface area contributed by atoms with Gasteiger partial charge >= 0.3 is 5.97 Å². The van der Waals surface area contributed by atoms with E-state index in [4.69, 9.17) is 0 Å². The summed E-state index contributed by atoms with van der Waals surface area (Å²) in [4.78, 5) is 57.2. The molecule has 0 radical (unpaired) electrons. The minimum atomic E-state index is -1.15. The fourth-order valence-electron chi connectivity index (χ4n) is 3.72. The van der Waals surface area contributed by atoms with Crippen molar-refractivity contribution in [1.29, 1.82) is 0 Å². The molecule has 1 aromatic heterocycles. The number of nitrogens with zero attached hydrogens (tertiary/aromatic N) is 1. The van der Waals surface area contributed by atoms with Gasteiger partial charge in [-0.1, -0.05) is 34.1 Å². The second-order valence-corrected chi connectivity index (χ2v) is 8.93. The predicted octanol–water partition coefficient (Wildman–Crippen LogP) is -0.0547. The highest BCUT2D eigenvalue weighted by atomic mass is 16.4. The molecule has 3 amide bonds. The topological polar surface area (TPSA) is 165 Å². The van der Waals surface area contributed by atoms with E-state index < -0.39 is 35.9 Å². The lowest BCUT2D eigenvalue weighted by molar-refractivity contribution is -0.143. The Hall–Kier alpha value is -2.95. The van der Waals surface area contributed by atoms with Crippen LogP contribution in [0.5, 0.6) is 0 Å². The van der Waals surface area contributed by atoms with Crippen LogP contribution in [0, 0.1) is 11.8 Å². The van der Waals surface area contributed by atoms with Crippen molar-refractivity contribution in [3.05, 3.63) is 18.2 Å². The van der Waals surface area contributed by atoms with Gasteiger partial charge in [-0.3, -0.25) is 14.4 Å². The van der Waals surface area contributed by atoms with Crippen molar-refractivity contribution in [1.82, 2.24) is 31.2 Å². The van der Waals surface area contributed by atoms with Crippen LogP contribution >= 0.6 is 0 Å². The van der Waals surface area contributed by atoms with Crippen LogP contribution in [-0.4, -0.2) is 69.5 Å². The molecule has 2 rings (SSSR count). The van der Waals surface area contributed by atoms with E-state index >= 15 is 0 Å². The molecule has 11 heteroatoms. The normalized spacial score (nSPS) is 19.4. The number of carbonyl (C=O) groups is 4. The summed E-state index contributed by atoms with van der Waals surface area (Å²) in [5, 5.41) is 20.6. The Balaban J connectivity index is 2.18. The number of aromatic nitrogens is 2. The number of nitrogens with one attached hydrogen (secondary N) is 5. The highest BCUT2D eigenvalue weighted by Gasteiger charge is 2.34. The number of carboxylic acids is 1. The van der Waals surface area contributed by atoms with Crippen LogP contribution in [0.3, 0.4) is 0 Å². The fraction of sp³-hybridized carbons (Fsp3) is 0.682. The summed E-state index contributed by atoms with van der Waals surface area (Å²) >= 11 is 0. The van der Waals surface area contributed by atoms with Gasteiger partial charge in [0.1, 0.15) is 18.1 Å². The summed E-state index contributed by atoms with van der Waals surface area (Å²) in [5.74, 6) is -3.03. The Kier molecular flexibility index (Phi) is 9.83. The summed E-state index contributed by atoms with van der Waals surface area (Å²) in [6.07, 6.45) is 5.32. The first-order valence-electron chi connectivity index (χ1n) is 11.5. The van der Waals surface area contributed by atoms with E-state index in [9.17, 15) is 24.3 Å². The van der Waals surface area contributed by atoms with Crippen LogP contribution < -0.4 is 21.3 Å². The Labute approximate surface area is 193 Å². The van der Waals surface area contributed by atoms with Crippen molar-refractivity contribution in [3.63, 3.8) is 0 Å². The van der Waals surface area contributed by atoms with E-state index in [-0.39, 0.29) is 30.2 Å². The van der Waals surface area contributed by atoms with Crippen molar-refractivity contribution < 1.29 is 24.3 Å². The average molecular weight is 465 g/mol. The smallest absolute Gasteiger partial charge is 0.326 e. The number of aliphatic carboxylic acids is 1. The number of hydrogen-bond acceptors (Lipinski definition) is 6. The Morgan fingerprint density at radius 1 is 1.12 bits per heavy atom. The van der Waals surface area contributed by atoms with Crippen LogP contribution in [-0.2, 0) is 25.6 Å². The summed E-state index contributed by atoms with van der Waals surface area (Å²) in [7, 11) is 0. The largest absolute Gasteiger partial charge is 0.480 e. The Morgan fingerprint density at radius 3 is 2.36 bits per heavy atom. The molecular weight excluding hydrogens is 428 g/mol. The maximum Gasteiger partial charge on any atom is 0.326 e. The fourth-order valence-corrected chi connectivity index (χ4v) is 3.72. The maximum absolute atomic E-state index is 13.2. The van der Waals surface area contributed by atoms with Crippen LogP contribution in [0.2, 0.25) is 0 Å². The van der Waals surface area contributed by atoms with Crippen molar-refractivity contribution in [2.45, 2.75) is 77.5 Å². The molecule has 0 bridgehead atoms. The van der Waals surface area contributed by atoms with Crippen LogP contribution in [0.25, 0.3) is 0 Å². The zero-order valence-corrected chi connectivity index (χ0v) is 19.7. The number of carboxylic acid groups (broad SMARTS) is 1.